The fraction of sp³-hybridized carbons (Fsp3) is 0.538. The van der Waals surface area contributed by atoms with Crippen LogP contribution in [-0.2, 0) is 6.54 Å². The molecule has 0 heterocycles. The lowest BCUT2D eigenvalue weighted by Crippen LogP contribution is -2.22. The van der Waals surface area contributed by atoms with Crippen molar-refractivity contribution in [3.05, 3.63) is 22.2 Å². The summed E-state index contributed by atoms with van der Waals surface area (Å²) in [6, 6.07) is 3.84. The van der Waals surface area contributed by atoms with E-state index in [0.29, 0.717) is 18.0 Å². The average molecular weight is 318 g/mol. The van der Waals surface area contributed by atoms with Gasteiger partial charge in [-0.2, -0.15) is 0 Å². The average Bonchev–Trinajstić information content (AvgIpc) is 2.39. The van der Waals surface area contributed by atoms with Gasteiger partial charge in [0.15, 0.2) is 11.5 Å². The Morgan fingerprint density at radius 2 is 1.89 bits per heavy atom. The number of rotatable bonds is 7. The highest BCUT2D eigenvalue weighted by Gasteiger charge is 2.09. The summed E-state index contributed by atoms with van der Waals surface area (Å²) in [5.41, 5.74) is 1.10. The maximum absolute atomic E-state index is 8.95. The van der Waals surface area contributed by atoms with Gasteiger partial charge in [-0.05, 0) is 23.6 Å². The van der Waals surface area contributed by atoms with Crippen molar-refractivity contribution in [1.29, 1.82) is 0 Å². The molecule has 0 radical (unpaired) electrons. The van der Waals surface area contributed by atoms with Crippen molar-refractivity contribution >= 4 is 15.9 Å². The van der Waals surface area contributed by atoms with Crippen molar-refractivity contribution in [3.8, 4) is 11.5 Å². The van der Waals surface area contributed by atoms with Crippen LogP contribution in [0.25, 0.3) is 0 Å². The Hall–Kier alpha value is -0.780. The highest BCUT2D eigenvalue weighted by atomic mass is 79.9. The molecule has 1 aromatic rings. The minimum Gasteiger partial charge on any atom is -0.493 e. The van der Waals surface area contributed by atoms with Gasteiger partial charge in [-0.1, -0.05) is 22.9 Å². The molecule has 0 bridgehead atoms. The van der Waals surface area contributed by atoms with Crippen molar-refractivity contribution in [2.45, 2.75) is 13.5 Å². The lowest BCUT2D eigenvalue weighted by molar-refractivity contribution is 0.233. The maximum Gasteiger partial charge on any atom is 0.161 e. The zero-order valence-electron chi connectivity index (χ0n) is 11.0. The molecule has 102 valence electrons. The molecule has 0 aliphatic heterocycles. The predicted octanol–water partition coefficient (Wildman–Crippen LogP) is 2.18. The summed E-state index contributed by atoms with van der Waals surface area (Å²) in [4.78, 5) is 0. The fourth-order valence-electron chi connectivity index (χ4n) is 1.55. The molecular weight excluding hydrogens is 298 g/mol. The van der Waals surface area contributed by atoms with Gasteiger partial charge in [-0.3, -0.25) is 0 Å². The lowest BCUT2D eigenvalue weighted by Gasteiger charge is -2.14. The number of nitrogens with one attached hydrogen (secondary N) is 1. The van der Waals surface area contributed by atoms with Crippen LogP contribution in [0.5, 0.6) is 11.5 Å². The van der Waals surface area contributed by atoms with Crippen LogP contribution < -0.4 is 14.8 Å². The smallest absolute Gasteiger partial charge is 0.161 e. The number of hydrogen-bond donors (Lipinski definition) is 2. The number of methoxy groups -OCH3 is 2. The SMILES string of the molecule is COc1cc(Br)c(CNCC(C)CO)cc1OC. The Kier molecular flexibility index (Phi) is 6.46. The van der Waals surface area contributed by atoms with Crippen molar-refractivity contribution in [2.75, 3.05) is 27.4 Å². The fourth-order valence-corrected chi connectivity index (χ4v) is 2.01. The molecule has 4 nitrogen and oxygen atoms in total. The molecular formula is C13H20BrNO3. The highest BCUT2D eigenvalue weighted by molar-refractivity contribution is 9.10. The van der Waals surface area contributed by atoms with E-state index in [1.807, 2.05) is 19.1 Å². The van der Waals surface area contributed by atoms with Crippen LogP contribution in [0.2, 0.25) is 0 Å². The van der Waals surface area contributed by atoms with Crippen LogP contribution in [0.4, 0.5) is 0 Å². The first-order valence-corrected chi connectivity index (χ1v) is 6.63. The first kappa shape index (κ1) is 15.3. The van der Waals surface area contributed by atoms with E-state index in [9.17, 15) is 0 Å². The molecule has 2 N–H and O–H groups in total. The molecule has 18 heavy (non-hydrogen) atoms. The molecule has 0 saturated heterocycles. The predicted molar refractivity (Wildman–Crippen MR) is 75.2 cm³/mol. The van der Waals surface area contributed by atoms with E-state index in [-0.39, 0.29) is 12.5 Å². The van der Waals surface area contributed by atoms with Crippen LogP contribution >= 0.6 is 15.9 Å². The topological polar surface area (TPSA) is 50.7 Å². The summed E-state index contributed by atoms with van der Waals surface area (Å²) in [6.07, 6.45) is 0. The maximum atomic E-state index is 8.95. The normalized spacial score (nSPS) is 12.3. The van der Waals surface area contributed by atoms with Crippen LogP contribution in [0.1, 0.15) is 12.5 Å². The standard InChI is InChI=1S/C13H20BrNO3/c1-9(8-16)6-15-7-10-4-12(17-2)13(18-3)5-11(10)14/h4-5,9,15-16H,6-8H2,1-3H3. The van der Waals surface area contributed by atoms with Gasteiger partial charge in [0.25, 0.3) is 0 Å². The highest BCUT2D eigenvalue weighted by Crippen LogP contribution is 2.33. The Bertz CT molecular complexity index is 385. The molecule has 1 atom stereocenters. The van der Waals surface area contributed by atoms with Gasteiger partial charge < -0.3 is 19.9 Å². The molecule has 5 heteroatoms. The van der Waals surface area contributed by atoms with E-state index in [2.05, 4.69) is 21.2 Å². The summed E-state index contributed by atoms with van der Waals surface area (Å²) in [6.45, 7) is 3.68. The Labute approximate surface area is 116 Å². The second-order valence-electron chi connectivity index (χ2n) is 4.22. The minimum absolute atomic E-state index is 0.195. The Balaban J connectivity index is 2.71. The summed E-state index contributed by atoms with van der Waals surface area (Å²) in [5, 5.41) is 12.2. The van der Waals surface area contributed by atoms with E-state index in [1.54, 1.807) is 14.2 Å². The molecule has 1 rings (SSSR count). The number of aliphatic hydroxyl groups excluding tert-OH is 1. The van der Waals surface area contributed by atoms with E-state index >= 15 is 0 Å². The number of halogens is 1. The third kappa shape index (κ3) is 4.15. The van der Waals surface area contributed by atoms with Gasteiger partial charge in [0, 0.05) is 24.2 Å². The number of aliphatic hydroxyl groups is 1. The quantitative estimate of drug-likeness (QED) is 0.809. The van der Waals surface area contributed by atoms with E-state index in [1.165, 1.54) is 0 Å². The second-order valence-corrected chi connectivity index (χ2v) is 5.07. The Morgan fingerprint density at radius 1 is 1.28 bits per heavy atom. The lowest BCUT2D eigenvalue weighted by atomic mass is 10.1. The van der Waals surface area contributed by atoms with Crippen LogP contribution in [-0.4, -0.2) is 32.5 Å². The third-order valence-electron chi connectivity index (χ3n) is 2.67. The largest absolute Gasteiger partial charge is 0.493 e. The summed E-state index contributed by atoms with van der Waals surface area (Å²) >= 11 is 3.51. The molecule has 0 amide bonds. The summed E-state index contributed by atoms with van der Waals surface area (Å²) < 4.78 is 11.5. The number of hydrogen-bond acceptors (Lipinski definition) is 4. The molecule has 0 spiro atoms. The molecule has 0 saturated carbocycles. The minimum atomic E-state index is 0.195. The first-order valence-electron chi connectivity index (χ1n) is 5.84. The van der Waals surface area contributed by atoms with Crippen molar-refractivity contribution in [1.82, 2.24) is 5.32 Å². The van der Waals surface area contributed by atoms with Gasteiger partial charge in [0.1, 0.15) is 0 Å². The number of benzene rings is 1. The van der Waals surface area contributed by atoms with E-state index in [0.717, 1.165) is 16.6 Å². The summed E-state index contributed by atoms with van der Waals surface area (Å²) in [7, 11) is 3.24. The van der Waals surface area contributed by atoms with Gasteiger partial charge in [0.2, 0.25) is 0 Å². The number of ether oxygens (including phenoxy) is 2. The molecule has 0 aliphatic rings. The van der Waals surface area contributed by atoms with Gasteiger partial charge >= 0.3 is 0 Å². The van der Waals surface area contributed by atoms with Crippen LogP contribution in [0, 0.1) is 5.92 Å². The zero-order valence-corrected chi connectivity index (χ0v) is 12.6. The molecule has 0 aliphatic carbocycles. The second kappa shape index (κ2) is 7.61. The van der Waals surface area contributed by atoms with E-state index < -0.39 is 0 Å². The van der Waals surface area contributed by atoms with Crippen molar-refractivity contribution in [3.63, 3.8) is 0 Å². The van der Waals surface area contributed by atoms with Gasteiger partial charge in [-0.25, -0.2) is 0 Å². The van der Waals surface area contributed by atoms with Gasteiger partial charge in [0.05, 0.1) is 14.2 Å². The van der Waals surface area contributed by atoms with Crippen molar-refractivity contribution < 1.29 is 14.6 Å². The molecule has 0 fully saturated rings. The van der Waals surface area contributed by atoms with E-state index in [4.69, 9.17) is 14.6 Å². The van der Waals surface area contributed by atoms with Crippen molar-refractivity contribution in [2.24, 2.45) is 5.92 Å². The monoisotopic (exact) mass is 317 g/mol. The molecule has 1 unspecified atom stereocenters. The van der Waals surface area contributed by atoms with Crippen LogP contribution in [0.15, 0.2) is 16.6 Å². The van der Waals surface area contributed by atoms with Crippen LogP contribution in [0.3, 0.4) is 0 Å². The first-order chi connectivity index (χ1) is 8.62. The zero-order chi connectivity index (χ0) is 13.5. The van der Waals surface area contributed by atoms with Gasteiger partial charge in [-0.15, -0.1) is 0 Å². The molecule has 0 aromatic heterocycles. The Morgan fingerprint density at radius 3 is 2.44 bits per heavy atom. The third-order valence-corrected chi connectivity index (χ3v) is 3.41. The summed E-state index contributed by atoms with van der Waals surface area (Å²) in [5.74, 6) is 1.67. The molecule has 1 aromatic carbocycles.